The third-order valence-electron chi connectivity index (χ3n) is 4.41. The van der Waals surface area contributed by atoms with Gasteiger partial charge in [-0.1, -0.05) is 36.4 Å². The summed E-state index contributed by atoms with van der Waals surface area (Å²) >= 11 is 1.38. The molecule has 4 rings (SSSR count). The number of hydrogen-bond acceptors (Lipinski definition) is 5. The molecule has 0 saturated carbocycles. The maximum Gasteiger partial charge on any atom is 0.258 e. The molecule has 0 aliphatic heterocycles. The number of nitrogens with zero attached hydrogens (tertiary/aromatic N) is 2. The maximum absolute atomic E-state index is 12.7. The lowest BCUT2D eigenvalue weighted by Crippen LogP contribution is -2.18. The average molecular weight is 402 g/mol. The van der Waals surface area contributed by atoms with E-state index in [1.54, 1.807) is 12.3 Å². The summed E-state index contributed by atoms with van der Waals surface area (Å²) in [5, 5.41) is 8.89. The van der Waals surface area contributed by atoms with E-state index in [1.807, 2.05) is 53.9 Å². The van der Waals surface area contributed by atoms with Gasteiger partial charge in [0.05, 0.1) is 11.2 Å². The van der Waals surface area contributed by atoms with Crippen molar-refractivity contribution < 1.29 is 9.59 Å². The number of carbonyl (C=O) groups is 2. The number of aromatic nitrogens is 2. The summed E-state index contributed by atoms with van der Waals surface area (Å²) in [6.45, 7) is 1.99. The lowest BCUT2D eigenvalue weighted by atomic mass is 10.1. The standard InChI is InChI=1S/C22H18N4O2S/c1-14(27)24-12-15-7-9-16(10-8-15)20-13-29-22(25-20)26-21(28)18-4-2-6-19-17(18)5-3-11-23-19/h2-11,13H,12H2,1H3,(H,24,27)(H,25,26,28). The van der Waals surface area contributed by atoms with Gasteiger partial charge in [0.25, 0.3) is 5.91 Å². The fourth-order valence-corrected chi connectivity index (χ4v) is 3.66. The molecule has 144 valence electrons. The first-order valence-electron chi connectivity index (χ1n) is 9.04. The summed E-state index contributed by atoms with van der Waals surface area (Å²) in [5.41, 5.74) is 4.09. The molecule has 2 amide bonds. The van der Waals surface area contributed by atoms with Crippen molar-refractivity contribution >= 4 is 39.2 Å². The number of hydrogen-bond donors (Lipinski definition) is 2. The van der Waals surface area contributed by atoms with E-state index < -0.39 is 0 Å². The van der Waals surface area contributed by atoms with E-state index in [0.717, 1.165) is 27.7 Å². The van der Waals surface area contributed by atoms with E-state index in [1.165, 1.54) is 18.3 Å². The quantitative estimate of drug-likeness (QED) is 0.523. The Bertz CT molecular complexity index is 1180. The maximum atomic E-state index is 12.7. The molecular weight excluding hydrogens is 384 g/mol. The van der Waals surface area contributed by atoms with Gasteiger partial charge in [-0.15, -0.1) is 11.3 Å². The second-order valence-corrected chi connectivity index (χ2v) is 7.33. The molecule has 4 aromatic rings. The molecule has 0 aliphatic carbocycles. The third kappa shape index (κ3) is 4.30. The van der Waals surface area contributed by atoms with Crippen LogP contribution in [0, 0.1) is 0 Å². The number of anilines is 1. The molecule has 0 aliphatic rings. The van der Waals surface area contributed by atoms with Gasteiger partial charge < -0.3 is 5.32 Å². The van der Waals surface area contributed by atoms with Crippen LogP contribution in [0.2, 0.25) is 0 Å². The van der Waals surface area contributed by atoms with Crippen LogP contribution in [0.15, 0.2) is 66.2 Å². The summed E-state index contributed by atoms with van der Waals surface area (Å²) in [4.78, 5) is 32.6. The molecule has 0 fully saturated rings. The number of carbonyl (C=O) groups excluding carboxylic acids is 2. The van der Waals surface area contributed by atoms with Crippen molar-refractivity contribution in [2.24, 2.45) is 0 Å². The summed E-state index contributed by atoms with van der Waals surface area (Å²) in [6.07, 6.45) is 1.71. The van der Waals surface area contributed by atoms with Crippen molar-refractivity contribution in [2.45, 2.75) is 13.5 Å². The summed E-state index contributed by atoms with van der Waals surface area (Å²) in [5.74, 6) is -0.272. The Morgan fingerprint density at radius 1 is 1.03 bits per heavy atom. The first kappa shape index (κ1) is 18.8. The minimum absolute atomic E-state index is 0.0593. The highest BCUT2D eigenvalue weighted by atomic mass is 32.1. The minimum atomic E-state index is -0.213. The van der Waals surface area contributed by atoms with E-state index in [9.17, 15) is 9.59 Å². The molecule has 0 spiro atoms. The number of amides is 2. The first-order valence-corrected chi connectivity index (χ1v) is 9.92. The third-order valence-corrected chi connectivity index (χ3v) is 5.16. The predicted octanol–water partition coefficient (Wildman–Crippen LogP) is 4.25. The number of benzene rings is 2. The van der Waals surface area contributed by atoms with Crippen LogP contribution in [0.4, 0.5) is 5.13 Å². The van der Waals surface area contributed by atoms with Crippen LogP contribution in [0.3, 0.4) is 0 Å². The van der Waals surface area contributed by atoms with Crippen LogP contribution in [0.25, 0.3) is 22.2 Å². The molecule has 7 heteroatoms. The Morgan fingerprint density at radius 3 is 2.66 bits per heavy atom. The zero-order valence-corrected chi connectivity index (χ0v) is 16.5. The topological polar surface area (TPSA) is 84.0 Å². The van der Waals surface area contributed by atoms with Crippen molar-refractivity contribution in [1.82, 2.24) is 15.3 Å². The van der Waals surface area contributed by atoms with Crippen molar-refractivity contribution in [1.29, 1.82) is 0 Å². The number of nitrogens with one attached hydrogen (secondary N) is 2. The predicted molar refractivity (Wildman–Crippen MR) is 115 cm³/mol. The van der Waals surface area contributed by atoms with E-state index in [0.29, 0.717) is 17.2 Å². The highest BCUT2D eigenvalue weighted by molar-refractivity contribution is 7.14. The molecule has 2 aromatic carbocycles. The number of fused-ring (bicyclic) bond motifs is 1. The van der Waals surface area contributed by atoms with Gasteiger partial charge in [-0.25, -0.2) is 4.98 Å². The second kappa shape index (κ2) is 8.20. The van der Waals surface area contributed by atoms with Gasteiger partial charge in [0.2, 0.25) is 5.91 Å². The molecule has 6 nitrogen and oxygen atoms in total. The van der Waals surface area contributed by atoms with E-state index in [-0.39, 0.29) is 11.8 Å². The molecule has 2 N–H and O–H groups in total. The van der Waals surface area contributed by atoms with Crippen molar-refractivity contribution in [2.75, 3.05) is 5.32 Å². The first-order chi connectivity index (χ1) is 14.1. The van der Waals surface area contributed by atoms with Gasteiger partial charge in [-0.2, -0.15) is 0 Å². The summed E-state index contributed by atoms with van der Waals surface area (Å²) in [6, 6.07) is 17.0. The zero-order valence-electron chi connectivity index (χ0n) is 15.7. The Kier molecular flexibility index (Phi) is 5.31. The molecule has 29 heavy (non-hydrogen) atoms. The summed E-state index contributed by atoms with van der Waals surface area (Å²) in [7, 11) is 0. The van der Waals surface area contributed by atoms with Gasteiger partial charge in [0.1, 0.15) is 0 Å². The van der Waals surface area contributed by atoms with E-state index in [4.69, 9.17) is 0 Å². The molecule has 0 radical (unpaired) electrons. The highest BCUT2D eigenvalue weighted by Crippen LogP contribution is 2.26. The zero-order chi connectivity index (χ0) is 20.2. The highest BCUT2D eigenvalue weighted by Gasteiger charge is 2.13. The number of thiazole rings is 1. The lowest BCUT2D eigenvalue weighted by molar-refractivity contribution is -0.119. The Morgan fingerprint density at radius 2 is 1.86 bits per heavy atom. The molecular formula is C22H18N4O2S. The van der Waals surface area contributed by atoms with E-state index >= 15 is 0 Å². The van der Waals surface area contributed by atoms with Crippen LogP contribution >= 0.6 is 11.3 Å². The van der Waals surface area contributed by atoms with Crippen molar-refractivity contribution in [3.63, 3.8) is 0 Å². The van der Waals surface area contributed by atoms with E-state index in [2.05, 4.69) is 20.6 Å². The van der Waals surface area contributed by atoms with Crippen LogP contribution in [0.5, 0.6) is 0 Å². The molecule has 0 atom stereocenters. The molecule has 0 bridgehead atoms. The SMILES string of the molecule is CC(=O)NCc1ccc(-c2csc(NC(=O)c3cccc4ncccc34)n2)cc1. The molecule has 2 aromatic heterocycles. The van der Waals surface area contributed by atoms with Crippen LogP contribution < -0.4 is 10.6 Å². The fourth-order valence-electron chi connectivity index (χ4n) is 2.95. The van der Waals surface area contributed by atoms with Crippen LogP contribution in [-0.4, -0.2) is 21.8 Å². The normalized spacial score (nSPS) is 10.7. The van der Waals surface area contributed by atoms with Gasteiger partial charge in [-0.05, 0) is 23.8 Å². The molecule has 0 saturated heterocycles. The monoisotopic (exact) mass is 402 g/mol. The number of pyridine rings is 1. The van der Waals surface area contributed by atoms with Gasteiger partial charge >= 0.3 is 0 Å². The Hall–Kier alpha value is -3.58. The Balaban J connectivity index is 1.49. The summed E-state index contributed by atoms with van der Waals surface area (Å²) < 4.78 is 0. The number of rotatable bonds is 5. The van der Waals surface area contributed by atoms with Gasteiger partial charge in [-0.3, -0.25) is 19.9 Å². The Labute approximate surface area is 171 Å². The minimum Gasteiger partial charge on any atom is -0.352 e. The molecule has 0 unspecified atom stereocenters. The van der Waals surface area contributed by atoms with Crippen molar-refractivity contribution in [3.8, 4) is 11.3 Å². The lowest BCUT2D eigenvalue weighted by Gasteiger charge is -2.05. The smallest absolute Gasteiger partial charge is 0.258 e. The van der Waals surface area contributed by atoms with Crippen LogP contribution in [0.1, 0.15) is 22.8 Å². The van der Waals surface area contributed by atoms with Gasteiger partial charge in [0.15, 0.2) is 5.13 Å². The largest absolute Gasteiger partial charge is 0.352 e. The van der Waals surface area contributed by atoms with Crippen molar-refractivity contribution in [3.05, 3.63) is 77.3 Å². The second-order valence-electron chi connectivity index (χ2n) is 6.47. The fraction of sp³-hybridized carbons (Fsp3) is 0.0909. The van der Waals surface area contributed by atoms with Gasteiger partial charge in [0, 0.05) is 41.6 Å². The molecule has 2 heterocycles. The van der Waals surface area contributed by atoms with Crippen LogP contribution in [-0.2, 0) is 11.3 Å². The average Bonchev–Trinajstić information content (AvgIpc) is 3.20.